The molecule has 0 saturated heterocycles. The molecular formula is C18H31N3. The Morgan fingerprint density at radius 1 is 1.29 bits per heavy atom. The largest absolute Gasteiger partial charge is 0.316 e. The maximum absolute atomic E-state index is 4.60. The van der Waals surface area contributed by atoms with Gasteiger partial charge in [-0.3, -0.25) is 9.97 Å². The SMILES string of the molecule is CCCC1CCC(CNCC(C)C)C(c2cnccn2)C1. The number of rotatable bonds is 7. The molecule has 1 aliphatic carbocycles. The minimum absolute atomic E-state index is 0.587. The van der Waals surface area contributed by atoms with Gasteiger partial charge in [-0.2, -0.15) is 0 Å². The van der Waals surface area contributed by atoms with Crippen molar-refractivity contribution in [3.05, 3.63) is 24.3 Å². The zero-order valence-corrected chi connectivity index (χ0v) is 13.9. The van der Waals surface area contributed by atoms with Crippen LogP contribution in [0, 0.1) is 17.8 Å². The van der Waals surface area contributed by atoms with Crippen LogP contribution >= 0.6 is 0 Å². The Morgan fingerprint density at radius 3 is 2.81 bits per heavy atom. The van der Waals surface area contributed by atoms with Crippen LogP contribution < -0.4 is 5.32 Å². The monoisotopic (exact) mass is 289 g/mol. The van der Waals surface area contributed by atoms with E-state index >= 15 is 0 Å². The van der Waals surface area contributed by atoms with Crippen molar-refractivity contribution in [3.63, 3.8) is 0 Å². The molecule has 0 radical (unpaired) electrons. The van der Waals surface area contributed by atoms with E-state index in [1.165, 1.54) is 37.8 Å². The van der Waals surface area contributed by atoms with Crippen LogP contribution in [0.4, 0.5) is 0 Å². The molecule has 0 spiro atoms. The highest BCUT2D eigenvalue weighted by Gasteiger charge is 2.31. The standard InChI is InChI=1S/C18H31N3/c1-4-5-15-6-7-16(12-20-11-14(2)3)17(10-15)18-13-19-8-9-21-18/h8-9,13-17,20H,4-7,10-12H2,1-3H3. The quantitative estimate of drug-likeness (QED) is 0.823. The molecule has 118 valence electrons. The zero-order valence-electron chi connectivity index (χ0n) is 13.9. The molecule has 3 atom stereocenters. The lowest BCUT2D eigenvalue weighted by Crippen LogP contribution is -2.34. The number of aromatic nitrogens is 2. The number of hydrogen-bond donors (Lipinski definition) is 1. The Labute approximate surface area is 130 Å². The van der Waals surface area contributed by atoms with Crippen molar-refractivity contribution < 1.29 is 0 Å². The van der Waals surface area contributed by atoms with E-state index in [1.54, 1.807) is 6.20 Å². The van der Waals surface area contributed by atoms with E-state index in [0.29, 0.717) is 11.8 Å². The molecule has 1 fully saturated rings. The average molecular weight is 289 g/mol. The lowest BCUT2D eigenvalue weighted by atomic mass is 9.71. The van der Waals surface area contributed by atoms with Gasteiger partial charge in [0.2, 0.25) is 0 Å². The van der Waals surface area contributed by atoms with Gasteiger partial charge < -0.3 is 5.32 Å². The van der Waals surface area contributed by atoms with Crippen LogP contribution in [0.1, 0.15) is 64.5 Å². The topological polar surface area (TPSA) is 37.8 Å². The van der Waals surface area contributed by atoms with Gasteiger partial charge in [-0.05, 0) is 43.7 Å². The molecule has 1 N–H and O–H groups in total. The van der Waals surface area contributed by atoms with Crippen molar-refractivity contribution in [2.75, 3.05) is 13.1 Å². The molecular weight excluding hydrogens is 258 g/mol. The molecule has 3 heteroatoms. The van der Waals surface area contributed by atoms with Crippen molar-refractivity contribution in [2.24, 2.45) is 17.8 Å². The van der Waals surface area contributed by atoms with Gasteiger partial charge in [-0.1, -0.05) is 40.0 Å². The van der Waals surface area contributed by atoms with Gasteiger partial charge in [0.25, 0.3) is 0 Å². The van der Waals surface area contributed by atoms with Gasteiger partial charge in [0.1, 0.15) is 0 Å². The van der Waals surface area contributed by atoms with E-state index in [2.05, 4.69) is 36.1 Å². The summed E-state index contributed by atoms with van der Waals surface area (Å²) in [5.41, 5.74) is 1.20. The number of nitrogens with one attached hydrogen (secondary N) is 1. The first-order valence-corrected chi connectivity index (χ1v) is 8.67. The molecule has 1 aromatic heterocycles. The second-order valence-electron chi connectivity index (χ2n) is 7.02. The molecule has 2 rings (SSSR count). The molecule has 1 heterocycles. The molecule has 1 aromatic rings. The fraction of sp³-hybridized carbons (Fsp3) is 0.778. The molecule has 1 saturated carbocycles. The highest BCUT2D eigenvalue weighted by molar-refractivity contribution is 5.08. The van der Waals surface area contributed by atoms with E-state index < -0.39 is 0 Å². The van der Waals surface area contributed by atoms with Gasteiger partial charge in [0.05, 0.1) is 5.69 Å². The van der Waals surface area contributed by atoms with Crippen LogP contribution in [0.3, 0.4) is 0 Å². The highest BCUT2D eigenvalue weighted by atomic mass is 14.9. The van der Waals surface area contributed by atoms with E-state index in [-0.39, 0.29) is 0 Å². The second-order valence-corrected chi connectivity index (χ2v) is 7.02. The predicted octanol–water partition coefficient (Wildman–Crippen LogP) is 4.02. The van der Waals surface area contributed by atoms with Gasteiger partial charge in [-0.25, -0.2) is 0 Å². The highest BCUT2D eigenvalue weighted by Crippen LogP contribution is 2.41. The zero-order chi connectivity index (χ0) is 15.1. The van der Waals surface area contributed by atoms with Crippen molar-refractivity contribution in [3.8, 4) is 0 Å². The van der Waals surface area contributed by atoms with Crippen LogP contribution in [0.15, 0.2) is 18.6 Å². The molecule has 1 aliphatic rings. The number of hydrogen-bond acceptors (Lipinski definition) is 3. The third-order valence-corrected chi connectivity index (χ3v) is 4.72. The van der Waals surface area contributed by atoms with E-state index in [0.717, 1.165) is 24.9 Å². The fourth-order valence-electron chi connectivity index (χ4n) is 3.66. The lowest BCUT2D eigenvalue weighted by molar-refractivity contribution is 0.216. The summed E-state index contributed by atoms with van der Waals surface area (Å²) in [7, 11) is 0. The van der Waals surface area contributed by atoms with E-state index in [1.807, 2.05) is 12.4 Å². The molecule has 3 nitrogen and oxygen atoms in total. The maximum Gasteiger partial charge on any atom is 0.0620 e. The van der Waals surface area contributed by atoms with Crippen LogP contribution in [0.25, 0.3) is 0 Å². The van der Waals surface area contributed by atoms with Gasteiger partial charge >= 0.3 is 0 Å². The molecule has 3 unspecified atom stereocenters. The van der Waals surface area contributed by atoms with Crippen LogP contribution in [-0.2, 0) is 0 Å². The first kappa shape index (κ1) is 16.4. The van der Waals surface area contributed by atoms with Crippen LogP contribution in [-0.4, -0.2) is 23.1 Å². The minimum Gasteiger partial charge on any atom is -0.316 e. The minimum atomic E-state index is 0.587. The average Bonchev–Trinajstić information content (AvgIpc) is 2.49. The van der Waals surface area contributed by atoms with E-state index in [9.17, 15) is 0 Å². The van der Waals surface area contributed by atoms with Crippen LogP contribution in [0.5, 0.6) is 0 Å². The van der Waals surface area contributed by atoms with Crippen molar-refractivity contribution in [2.45, 2.75) is 58.8 Å². The summed E-state index contributed by atoms with van der Waals surface area (Å²) in [6.07, 6.45) is 12.3. The lowest BCUT2D eigenvalue weighted by Gasteiger charge is -2.36. The first-order chi connectivity index (χ1) is 10.2. The molecule has 21 heavy (non-hydrogen) atoms. The third-order valence-electron chi connectivity index (χ3n) is 4.72. The molecule has 0 bridgehead atoms. The summed E-state index contributed by atoms with van der Waals surface area (Å²) < 4.78 is 0. The Balaban J connectivity index is 2.00. The van der Waals surface area contributed by atoms with E-state index in [4.69, 9.17) is 0 Å². The fourth-order valence-corrected chi connectivity index (χ4v) is 3.66. The van der Waals surface area contributed by atoms with Crippen molar-refractivity contribution in [1.29, 1.82) is 0 Å². The van der Waals surface area contributed by atoms with Crippen LogP contribution in [0.2, 0.25) is 0 Å². The van der Waals surface area contributed by atoms with Gasteiger partial charge in [0, 0.05) is 24.5 Å². The summed E-state index contributed by atoms with van der Waals surface area (Å²) in [6, 6.07) is 0. The Kier molecular flexibility index (Phi) is 6.62. The normalized spacial score (nSPS) is 26.2. The second kappa shape index (κ2) is 8.47. The molecule has 0 aromatic carbocycles. The smallest absolute Gasteiger partial charge is 0.0620 e. The Hall–Kier alpha value is -0.960. The third kappa shape index (κ3) is 5.06. The van der Waals surface area contributed by atoms with Gasteiger partial charge in [0.15, 0.2) is 0 Å². The molecule has 0 amide bonds. The molecule has 0 aliphatic heterocycles. The summed E-state index contributed by atoms with van der Waals surface area (Å²) in [4.78, 5) is 8.89. The van der Waals surface area contributed by atoms with Crippen molar-refractivity contribution in [1.82, 2.24) is 15.3 Å². The van der Waals surface area contributed by atoms with Crippen molar-refractivity contribution >= 4 is 0 Å². The maximum atomic E-state index is 4.60. The summed E-state index contributed by atoms with van der Waals surface area (Å²) in [5, 5.41) is 3.65. The summed E-state index contributed by atoms with van der Waals surface area (Å²) in [5.74, 6) is 2.90. The number of nitrogens with zero attached hydrogens (tertiary/aromatic N) is 2. The predicted molar refractivity (Wildman–Crippen MR) is 88.2 cm³/mol. The summed E-state index contributed by atoms with van der Waals surface area (Å²) >= 11 is 0. The Bertz CT molecular complexity index is 391. The summed E-state index contributed by atoms with van der Waals surface area (Å²) in [6.45, 7) is 9.07. The Morgan fingerprint density at radius 2 is 2.14 bits per heavy atom. The van der Waals surface area contributed by atoms with Gasteiger partial charge in [-0.15, -0.1) is 0 Å². The first-order valence-electron chi connectivity index (χ1n) is 8.67.